The molecule has 0 saturated carbocycles. The van der Waals surface area contributed by atoms with Crippen molar-refractivity contribution in [3.63, 3.8) is 0 Å². The zero-order valence-corrected chi connectivity index (χ0v) is 14.9. The van der Waals surface area contributed by atoms with Gasteiger partial charge in [0.05, 0.1) is 0 Å². The summed E-state index contributed by atoms with van der Waals surface area (Å²) < 4.78 is 0. The molecule has 1 aromatic carbocycles. The van der Waals surface area contributed by atoms with Crippen LogP contribution in [0.4, 0.5) is 11.5 Å². The van der Waals surface area contributed by atoms with Crippen LogP contribution in [0.3, 0.4) is 0 Å². The maximum Gasteiger partial charge on any atom is 0.270 e. The van der Waals surface area contributed by atoms with Gasteiger partial charge in [-0.2, -0.15) is 0 Å². The Balaban J connectivity index is 2.12. The molecule has 0 atom stereocenters. The summed E-state index contributed by atoms with van der Waals surface area (Å²) in [5, 5.41) is 6.23. The Labute approximate surface area is 143 Å². The van der Waals surface area contributed by atoms with E-state index in [1.54, 1.807) is 6.07 Å². The monoisotopic (exact) mass is 326 g/mol. The van der Waals surface area contributed by atoms with Crippen molar-refractivity contribution >= 4 is 17.4 Å². The van der Waals surface area contributed by atoms with E-state index in [9.17, 15) is 4.79 Å². The molecule has 1 amide bonds. The van der Waals surface area contributed by atoms with Gasteiger partial charge >= 0.3 is 0 Å². The number of nitrogens with zero attached hydrogens (tertiary/aromatic N) is 2. The minimum absolute atomic E-state index is 0.165. The molecule has 128 valence electrons. The van der Waals surface area contributed by atoms with Gasteiger partial charge in [-0.25, -0.2) is 9.97 Å². The number of para-hydroxylation sites is 1. The summed E-state index contributed by atoms with van der Waals surface area (Å²) in [6.07, 6.45) is 3.30. The van der Waals surface area contributed by atoms with Gasteiger partial charge in [-0.05, 0) is 36.8 Å². The van der Waals surface area contributed by atoms with Gasteiger partial charge in [0, 0.05) is 18.3 Å². The van der Waals surface area contributed by atoms with Crippen LogP contribution in [0.15, 0.2) is 30.6 Å². The Morgan fingerprint density at radius 1 is 1.25 bits per heavy atom. The van der Waals surface area contributed by atoms with E-state index < -0.39 is 0 Å². The van der Waals surface area contributed by atoms with E-state index in [1.807, 2.05) is 6.07 Å². The van der Waals surface area contributed by atoms with Crippen molar-refractivity contribution in [2.75, 3.05) is 11.9 Å². The number of aryl methyl sites for hydroxylation is 2. The fraction of sp³-hybridized carbons (Fsp3) is 0.421. The van der Waals surface area contributed by atoms with E-state index in [2.05, 4.69) is 60.4 Å². The Hall–Kier alpha value is -2.43. The SMILES string of the molecule is CCc1cccc(C)c1Nc1cc(C(=O)NCCC(C)C)ncn1. The fourth-order valence-electron chi connectivity index (χ4n) is 2.44. The number of aromatic nitrogens is 2. The molecule has 1 heterocycles. The van der Waals surface area contributed by atoms with Crippen molar-refractivity contribution in [2.45, 2.75) is 40.5 Å². The van der Waals surface area contributed by atoms with Crippen LogP contribution < -0.4 is 10.6 Å². The highest BCUT2D eigenvalue weighted by atomic mass is 16.1. The van der Waals surface area contributed by atoms with Crippen molar-refractivity contribution in [2.24, 2.45) is 5.92 Å². The lowest BCUT2D eigenvalue weighted by Gasteiger charge is -2.14. The minimum atomic E-state index is -0.165. The normalized spacial score (nSPS) is 10.7. The molecule has 5 heteroatoms. The minimum Gasteiger partial charge on any atom is -0.351 e. The van der Waals surface area contributed by atoms with E-state index in [4.69, 9.17) is 0 Å². The third kappa shape index (κ3) is 4.78. The molecule has 0 radical (unpaired) electrons. The predicted octanol–water partition coefficient (Wildman–Crippen LogP) is 3.87. The Morgan fingerprint density at radius 3 is 2.75 bits per heavy atom. The van der Waals surface area contributed by atoms with Gasteiger partial charge in [0.15, 0.2) is 0 Å². The number of hydrogen-bond donors (Lipinski definition) is 2. The summed E-state index contributed by atoms with van der Waals surface area (Å²) in [4.78, 5) is 20.5. The molecule has 0 bridgehead atoms. The Bertz CT molecular complexity index is 698. The molecule has 0 aliphatic carbocycles. The maximum absolute atomic E-state index is 12.2. The van der Waals surface area contributed by atoms with Crippen molar-refractivity contribution in [3.05, 3.63) is 47.4 Å². The fourth-order valence-corrected chi connectivity index (χ4v) is 2.44. The molecule has 0 unspecified atom stereocenters. The summed E-state index contributed by atoms with van der Waals surface area (Å²) >= 11 is 0. The molecule has 2 N–H and O–H groups in total. The standard InChI is InChI=1S/C19H26N4O/c1-5-15-8-6-7-14(4)18(15)23-17-11-16(21-12-22-17)19(24)20-10-9-13(2)3/h6-8,11-13H,5,9-10H2,1-4H3,(H,20,24)(H,21,22,23). The van der Waals surface area contributed by atoms with Crippen LogP contribution in [0.1, 0.15) is 48.8 Å². The number of carbonyl (C=O) groups is 1. The van der Waals surface area contributed by atoms with Crippen molar-refractivity contribution in [1.29, 1.82) is 0 Å². The number of nitrogens with one attached hydrogen (secondary N) is 2. The average Bonchev–Trinajstić information content (AvgIpc) is 2.56. The van der Waals surface area contributed by atoms with Crippen molar-refractivity contribution in [3.8, 4) is 0 Å². The Morgan fingerprint density at radius 2 is 2.04 bits per heavy atom. The molecule has 0 spiro atoms. The largest absolute Gasteiger partial charge is 0.351 e. The third-order valence-electron chi connectivity index (χ3n) is 3.90. The summed E-state index contributed by atoms with van der Waals surface area (Å²) in [7, 11) is 0. The van der Waals surface area contributed by atoms with Crippen molar-refractivity contribution < 1.29 is 4.79 Å². The van der Waals surface area contributed by atoms with Gasteiger partial charge in [-0.15, -0.1) is 0 Å². The van der Waals surface area contributed by atoms with Gasteiger partial charge < -0.3 is 10.6 Å². The van der Waals surface area contributed by atoms with Gasteiger partial charge in [-0.3, -0.25) is 4.79 Å². The smallest absolute Gasteiger partial charge is 0.270 e. The summed E-state index contributed by atoms with van der Waals surface area (Å²) in [5.41, 5.74) is 3.79. The van der Waals surface area contributed by atoms with Crippen LogP contribution >= 0.6 is 0 Å². The predicted molar refractivity (Wildman–Crippen MR) is 97.7 cm³/mol. The molecule has 0 saturated heterocycles. The number of anilines is 2. The molecule has 1 aromatic heterocycles. The quantitative estimate of drug-likeness (QED) is 0.810. The van der Waals surface area contributed by atoms with Crippen LogP contribution in [-0.4, -0.2) is 22.4 Å². The molecule has 2 rings (SSSR count). The lowest BCUT2D eigenvalue weighted by molar-refractivity contribution is 0.0947. The third-order valence-corrected chi connectivity index (χ3v) is 3.90. The number of rotatable bonds is 7. The van der Waals surface area contributed by atoms with Crippen LogP contribution in [0.5, 0.6) is 0 Å². The topological polar surface area (TPSA) is 66.9 Å². The summed E-state index contributed by atoms with van der Waals surface area (Å²) in [5.74, 6) is 1.02. The summed E-state index contributed by atoms with van der Waals surface area (Å²) in [6, 6.07) is 7.89. The van der Waals surface area contributed by atoms with E-state index in [0.29, 0.717) is 24.0 Å². The summed E-state index contributed by atoms with van der Waals surface area (Å²) in [6.45, 7) is 9.09. The highest BCUT2D eigenvalue weighted by Gasteiger charge is 2.10. The van der Waals surface area contributed by atoms with E-state index >= 15 is 0 Å². The van der Waals surface area contributed by atoms with E-state index in [-0.39, 0.29) is 5.91 Å². The second-order valence-corrected chi connectivity index (χ2v) is 6.31. The van der Waals surface area contributed by atoms with E-state index in [1.165, 1.54) is 11.9 Å². The molecule has 0 fully saturated rings. The molecular weight excluding hydrogens is 300 g/mol. The second kappa shape index (κ2) is 8.43. The van der Waals surface area contributed by atoms with Crippen LogP contribution in [-0.2, 0) is 6.42 Å². The molecule has 0 aliphatic rings. The number of amides is 1. The van der Waals surface area contributed by atoms with Gasteiger partial charge in [0.25, 0.3) is 5.91 Å². The maximum atomic E-state index is 12.2. The zero-order chi connectivity index (χ0) is 17.5. The second-order valence-electron chi connectivity index (χ2n) is 6.31. The number of hydrogen-bond acceptors (Lipinski definition) is 4. The lowest BCUT2D eigenvalue weighted by atomic mass is 10.1. The van der Waals surface area contributed by atoms with Crippen LogP contribution in [0, 0.1) is 12.8 Å². The molecule has 2 aromatic rings. The highest BCUT2D eigenvalue weighted by molar-refractivity contribution is 5.93. The first-order valence-corrected chi connectivity index (χ1v) is 8.47. The first-order valence-electron chi connectivity index (χ1n) is 8.47. The molecule has 0 aliphatic heterocycles. The Kier molecular flexibility index (Phi) is 6.29. The van der Waals surface area contributed by atoms with Crippen LogP contribution in [0.2, 0.25) is 0 Å². The number of carbonyl (C=O) groups excluding carboxylic acids is 1. The highest BCUT2D eigenvalue weighted by Crippen LogP contribution is 2.24. The van der Waals surface area contributed by atoms with Gasteiger partial charge in [0.1, 0.15) is 17.8 Å². The first kappa shape index (κ1) is 17.9. The van der Waals surface area contributed by atoms with Crippen molar-refractivity contribution in [1.82, 2.24) is 15.3 Å². The zero-order valence-electron chi connectivity index (χ0n) is 14.9. The molecule has 5 nitrogen and oxygen atoms in total. The van der Waals surface area contributed by atoms with Gasteiger partial charge in [0.2, 0.25) is 0 Å². The average molecular weight is 326 g/mol. The lowest BCUT2D eigenvalue weighted by Crippen LogP contribution is -2.26. The molecular formula is C19H26N4O. The van der Waals surface area contributed by atoms with Crippen LogP contribution in [0.25, 0.3) is 0 Å². The van der Waals surface area contributed by atoms with Gasteiger partial charge in [-0.1, -0.05) is 39.0 Å². The number of benzene rings is 1. The molecule has 24 heavy (non-hydrogen) atoms. The van der Waals surface area contributed by atoms with E-state index in [0.717, 1.165) is 24.1 Å². The first-order chi connectivity index (χ1) is 11.5.